The maximum atomic E-state index is 14.1. The second-order valence-electron chi connectivity index (χ2n) is 5.69. The molecule has 0 N–H and O–H groups in total. The van der Waals surface area contributed by atoms with Crippen molar-refractivity contribution in [3.8, 4) is 0 Å². The Labute approximate surface area is 131 Å². The van der Waals surface area contributed by atoms with E-state index in [1.807, 2.05) is 62.2 Å². The standard InChI is InChI=1S/C17H24FN3O/c1-20(2)11-7-13-22-17(14-18,15-8-5-4-6-9-15)16-19-10-12-21(16)3/h4-6,8-10,12H,7,11,13-14H2,1-3H3. The van der Waals surface area contributed by atoms with Crippen molar-refractivity contribution in [2.45, 2.75) is 12.0 Å². The van der Waals surface area contributed by atoms with Gasteiger partial charge < -0.3 is 14.2 Å². The maximum Gasteiger partial charge on any atom is 0.179 e. The van der Waals surface area contributed by atoms with Gasteiger partial charge >= 0.3 is 0 Å². The van der Waals surface area contributed by atoms with Crippen molar-refractivity contribution in [2.75, 3.05) is 33.9 Å². The molecule has 2 aromatic rings. The van der Waals surface area contributed by atoms with Gasteiger partial charge in [-0.15, -0.1) is 0 Å². The number of ether oxygens (including phenoxy) is 1. The summed E-state index contributed by atoms with van der Waals surface area (Å²) in [6.07, 6.45) is 4.32. The first-order valence-corrected chi connectivity index (χ1v) is 7.48. The van der Waals surface area contributed by atoms with Crippen LogP contribution in [0.15, 0.2) is 42.7 Å². The van der Waals surface area contributed by atoms with Crippen molar-refractivity contribution >= 4 is 0 Å². The molecule has 1 aromatic carbocycles. The quantitative estimate of drug-likeness (QED) is 0.702. The Bertz CT molecular complexity index is 570. The van der Waals surface area contributed by atoms with Gasteiger partial charge in [0.1, 0.15) is 12.5 Å². The number of hydrogen-bond acceptors (Lipinski definition) is 3. The second-order valence-corrected chi connectivity index (χ2v) is 5.69. The Morgan fingerprint density at radius 1 is 1.27 bits per heavy atom. The van der Waals surface area contributed by atoms with Crippen molar-refractivity contribution in [1.82, 2.24) is 14.5 Å². The van der Waals surface area contributed by atoms with Crippen LogP contribution in [0.4, 0.5) is 4.39 Å². The number of halogens is 1. The highest BCUT2D eigenvalue weighted by Crippen LogP contribution is 2.33. The topological polar surface area (TPSA) is 30.3 Å². The van der Waals surface area contributed by atoms with E-state index in [1.54, 1.807) is 6.20 Å². The maximum absolute atomic E-state index is 14.1. The Balaban J connectivity index is 2.29. The molecule has 0 aliphatic heterocycles. The summed E-state index contributed by atoms with van der Waals surface area (Å²) >= 11 is 0. The Morgan fingerprint density at radius 3 is 2.55 bits per heavy atom. The Hall–Kier alpha value is -1.72. The number of alkyl halides is 1. The molecule has 0 aliphatic rings. The highest BCUT2D eigenvalue weighted by atomic mass is 19.1. The summed E-state index contributed by atoms with van der Waals surface area (Å²) in [6.45, 7) is 0.728. The molecule has 0 saturated carbocycles. The Kier molecular flexibility index (Phi) is 5.69. The number of hydrogen-bond donors (Lipinski definition) is 0. The molecular weight excluding hydrogens is 281 g/mol. The van der Waals surface area contributed by atoms with Gasteiger partial charge in [0.15, 0.2) is 5.60 Å². The molecule has 0 fully saturated rings. The molecule has 0 spiro atoms. The van der Waals surface area contributed by atoms with Crippen molar-refractivity contribution in [1.29, 1.82) is 0 Å². The molecule has 1 heterocycles. The van der Waals surface area contributed by atoms with Crippen molar-refractivity contribution in [3.05, 3.63) is 54.1 Å². The van der Waals surface area contributed by atoms with Crippen LogP contribution >= 0.6 is 0 Å². The minimum absolute atomic E-state index is 0.476. The molecule has 0 bridgehead atoms. The fourth-order valence-corrected chi connectivity index (χ4v) is 2.54. The molecule has 1 unspecified atom stereocenters. The third-order valence-corrected chi connectivity index (χ3v) is 3.71. The van der Waals surface area contributed by atoms with Gasteiger partial charge in [0.2, 0.25) is 0 Å². The van der Waals surface area contributed by atoms with E-state index in [-0.39, 0.29) is 0 Å². The van der Waals surface area contributed by atoms with Gasteiger partial charge in [0.25, 0.3) is 0 Å². The fraction of sp³-hybridized carbons (Fsp3) is 0.471. The van der Waals surface area contributed by atoms with Crippen LogP contribution in [0.3, 0.4) is 0 Å². The first kappa shape index (κ1) is 16.6. The van der Waals surface area contributed by atoms with Crippen molar-refractivity contribution < 1.29 is 9.13 Å². The summed E-state index contributed by atoms with van der Waals surface area (Å²) < 4.78 is 22.0. The zero-order valence-electron chi connectivity index (χ0n) is 13.5. The predicted molar refractivity (Wildman–Crippen MR) is 85.5 cm³/mol. The minimum atomic E-state index is -1.15. The van der Waals surface area contributed by atoms with Crippen LogP contribution < -0.4 is 0 Å². The van der Waals surface area contributed by atoms with Crippen LogP contribution in [0.25, 0.3) is 0 Å². The summed E-state index contributed by atoms with van der Waals surface area (Å²) in [6, 6.07) is 9.48. The Morgan fingerprint density at radius 2 is 2.00 bits per heavy atom. The summed E-state index contributed by atoms with van der Waals surface area (Å²) in [5, 5.41) is 0. The monoisotopic (exact) mass is 305 g/mol. The van der Waals surface area contributed by atoms with Crippen LogP contribution in [0.2, 0.25) is 0 Å². The molecule has 120 valence electrons. The lowest BCUT2D eigenvalue weighted by atomic mass is 9.93. The highest BCUT2D eigenvalue weighted by molar-refractivity contribution is 5.30. The normalized spacial score (nSPS) is 14.2. The average Bonchev–Trinajstić information content (AvgIpc) is 2.95. The fourth-order valence-electron chi connectivity index (χ4n) is 2.54. The molecule has 0 aliphatic carbocycles. The summed E-state index contributed by atoms with van der Waals surface area (Å²) in [7, 11) is 5.88. The van der Waals surface area contributed by atoms with Gasteiger partial charge in [-0.3, -0.25) is 0 Å². The van der Waals surface area contributed by atoms with Crippen LogP contribution in [0, 0.1) is 0 Å². The molecule has 22 heavy (non-hydrogen) atoms. The van der Waals surface area contributed by atoms with Crippen molar-refractivity contribution in [3.63, 3.8) is 0 Å². The molecule has 0 radical (unpaired) electrons. The third kappa shape index (κ3) is 3.54. The summed E-state index contributed by atoms with van der Waals surface area (Å²) in [5.74, 6) is 0.589. The van der Waals surface area contributed by atoms with E-state index in [2.05, 4.69) is 9.88 Å². The van der Waals surface area contributed by atoms with E-state index in [0.717, 1.165) is 18.5 Å². The first-order chi connectivity index (χ1) is 10.6. The first-order valence-electron chi connectivity index (χ1n) is 7.48. The third-order valence-electron chi connectivity index (χ3n) is 3.71. The summed E-state index contributed by atoms with van der Waals surface area (Å²) in [5.41, 5.74) is -0.358. The van der Waals surface area contributed by atoms with Gasteiger partial charge in [0, 0.05) is 26.0 Å². The number of rotatable bonds is 8. The van der Waals surface area contributed by atoms with Crippen molar-refractivity contribution in [2.24, 2.45) is 7.05 Å². The van der Waals surface area contributed by atoms with E-state index in [4.69, 9.17) is 4.74 Å². The highest BCUT2D eigenvalue weighted by Gasteiger charge is 2.39. The van der Waals surface area contributed by atoms with E-state index in [1.165, 1.54) is 0 Å². The molecule has 4 nitrogen and oxygen atoms in total. The van der Waals surface area contributed by atoms with E-state index < -0.39 is 12.3 Å². The van der Waals surface area contributed by atoms with Gasteiger partial charge in [-0.25, -0.2) is 9.37 Å². The predicted octanol–water partition coefficient (Wildman–Crippen LogP) is 2.60. The van der Waals surface area contributed by atoms with Crippen LogP contribution in [-0.4, -0.2) is 48.4 Å². The number of benzene rings is 1. The lowest BCUT2D eigenvalue weighted by molar-refractivity contribution is -0.0450. The van der Waals surface area contributed by atoms with Gasteiger partial charge in [0.05, 0.1) is 0 Å². The van der Waals surface area contributed by atoms with Crippen LogP contribution in [0.1, 0.15) is 17.8 Å². The number of aromatic nitrogens is 2. The van der Waals surface area contributed by atoms with Gasteiger partial charge in [-0.2, -0.15) is 0 Å². The number of imidazole rings is 1. The van der Waals surface area contributed by atoms with Crippen LogP contribution in [-0.2, 0) is 17.4 Å². The van der Waals surface area contributed by atoms with Gasteiger partial charge in [-0.1, -0.05) is 30.3 Å². The minimum Gasteiger partial charge on any atom is -0.359 e. The average molecular weight is 305 g/mol. The lowest BCUT2D eigenvalue weighted by Crippen LogP contribution is -2.37. The number of aryl methyl sites for hydroxylation is 1. The zero-order chi connectivity index (χ0) is 16.0. The lowest BCUT2D eigenvalue weighted by Gasteiger charge is -2.31. The molecule has 0 amide bonds. The molecule has 0 saturated heterocycles. The molecule has 5 heteroatoms. The molecule has 1 atom stereocenters. The van der Waals surface area contributed by atoms with E-state index in [9.17, 15) is 4.39 Å². The van der Waals surface area contributed by atoms with Crippen LogP contribution in [0.5, 0.6) is 0 Å². The largest absolute Gasteiger partial charge is 0.359 e. The molecule has 2 rings (SSSR count). The molecule has 1 aromatic heterocycles. The zero-order valence-corrected chi connectivity index (χ0v) is 13.5. The van der Waals surface area contributed by atoms with E-state index in [0.29, 0.717) is 12.4 Å². The second kappa shape index (κ2) is 7.51. The molecular formula is C17H24FN3O. The van der Waals surface area contributed by atoms with E-state index >= 15 is 0 Å². The smallest absolute Gasteiger partial charge is 0.179 e. The number of nitrogens with zero attached hydrogens (tertiary/aromatic N) is 3. The SMILES string of the molecule is CN(C)CCCOC(CF)(c1ccccc1)c1nccn1C. The van der Waals surface area contributed by atoms with Gasteiger partial charge in [-0.05, 0) is 32.6 Å². The summed E-state index contributed by atoms with van der Waals surface area (Å²) in [4.78, 5) is 6.42.